The molecule has 4 heteroatoms. The molecule has 1 fully saturated rings. The van der Waals surface area contributed by atoms with Gasteiger partial charge < -0.3 is 10.2 Å². The second-order valence-corrected chi connectivity index (χ2v) is 5.09. The molecule has 1 unspecified atom stereocenters. The van der Waals surface area contributed by atoms with Gasteiger partial charge in [0.25, 0.3) is 0 Å². The number of aliphatic hydroxyl groups excluding tert-OH is 1. The van der Waals surface area contributed by atoms with Crippen molar-refractivity contribution in [2.24, 2.45) is 0 Å². The summed E-state index contributed by atoms with van der Waals surface area (Å²) in [5, 5.41) is 21.9. The van der Waals surface area contributed by atoms with Crippen molar-refractivity contribution in [3.8, 4) is 0 Å². The van der Waals surface area contributed by atoms with Gasteiger partial charge in [-0.1, -0.05) is 39.0 Å². The Hall–Kier alpha value is -0.610. The van der Waals surface area contributed by atoms with E-state index in [2.05, 4.69) is 5.32 Å². The molecule has 0 saturated heterocycles. The van der Waals surface area contributed by atoms with Crippen LogP contribution in [-0.4, -0.2) is 34.4 Å². The normalized spacial score (nSPS) is 22.5. The third-order valence-electron chi connectivity index (χ3n) is 3.81. The highest BCUT2D eigenvalue weighted by Gasteiger charge is 2.39. The Morgan fingerprint density at radius 2 is 1.76 bits per heavy atom. The zero-order valence-electron chi connectivity index (χ0n) is 10.7. The summed E-state index contributed by atoms with van der Waals surface area (Å²) >= 11 is 0. The molecule has 1 aliphatic rings. The molecule has 0 radical (unpaired) electrons. The van der Waals surface area contributed by atoms with Crippen LogP contribution in [0.2, 0.25) is 0 Å². The van der Waals surface area contributed by atoms with E-state index in [-0.39, 0.29) is 12.6 Å². The number of hydrogen-bond donors (Lipinski definition) is 3. The Bertz CT molecular complexity index is 231. The summed E-state index contributed by atoms with van der Waals surface area (Å²) in [7, 11) is 0. The van der Waals surface area contributed by atoms with E-state index >= 15 is 0 Å². The largest absolute Gasteiger partial charge is 0.480 e. The molecule has 1 aliphatic carbocycles. The maximum atomic E-state index is 11.6. The summed E-state index contributed by atoms with van der Waals surface area (Å²) in [6.07, 6.45) is 7.48. The summed E-state index contributed by atoms with van der Waals surface area (Å²) < 4.78 is 0. The molecule has 0 aromatic heterocycles. The lowest BCUT2D eigenvalue weighted by Gasteiger charge is -2.35. The first-order chi connectivity index (χ1) is 8.14. The molecule has 0 aromatic rings. The van der Waals surface area contributed by atoms with Gasteiger partial charge in [-0.05, 0) is 19.3 Å². The van der Waals surface area contributed by atoms with E-state index in [0.29, 0.717) is 12.8 Å². The first-order valence-electron chi connectivity index (χ1n) is 6.76. The van der Waals surface area contributed by atoms with Crippen molar-refractivity contribution in [3.05, 3.63) is 0 Å². The van der Waals surface area contributed by atoms with Gasteiger partial charge in [0.15, 0.2) is 0 Å². The summed E-state index contributed by atoms with van der Waals surface area (Å²) in [5.41, 5.74) is -0.816. The fraction of sp³-hybridized carbons (Fsp3) is 0.923. The maximum Gasteiger partial charge on any atom is 0.323 e. The molecule has 0 spiro atoms. The fourth-order valence-electron chi connectivity index (χ4n) is 2.60. The van der Waals surface area contributed by atoms with Crippen molar-refractivity contribution >= 4 is 5.97 Å². The standard InChI is InChI=1S/C13H25NO3/c1-2-11(10-15)14-13(12(16)17)8-6-4-3-5-7-9-13/h11,14-15H,2-10H2,1H3,(H,16,17). The first-order valence-corrected chi connectivity index (χ1v) is 6.76. The summed E-state index contributed by atoms with van der Waals surface area (Å²) in [6.45, 7) is 1.97. The Kier molecular flexibility index (Phi) is 5.92. The van der Waals surface area contributed by atoms with Crippen LogP contribution in [0.3, 0.4) is 0 Å². The second-order valence-electron chi connectivity index (χ2n) is 5.09. The van der Waals surface area contributed by atoms with E-state index in [1.54, 1.807) is 0 Å². The van der Waals surface area contributed by atoms with Gasteiger partial charge in [0.05, 0.1) is 6.61 Å². The Morgan fingerprint density at radius 3 is 2.18 bits per heavy atom. The summed E-state index contributed by atoms with van der Waals surface area (Å²) in [4.78, 5) is 11.6. The van der Waals surface area contributed by atoms with Crippen LogP contribution in [-0.2, 0) is 4.79 Å². The van der Waals surface area contributed by atoms with Crippen LogP contribution in [0.1, 0.15) is 58.3 Å². The van der Waals surface area contributed by atoms with Crippen molar-refractivity contribution in [3.63, 3.8) is 0 Å². The monoisotopic (exact) mass is 243 g/mol. The number of carboxylic acid groups (broad SMARTS) is 1. The number of aliphatic hydroxyl groups is 1. The minimum Gasteiger partial charge on any atom is -0.480 e. The minimum atomic E-state index is -0.816. The predicted octanol–water partition coefficient (Wildman–Crippen LogP) is 1.91. The first kappa shape index (κ1) is 14.5. The summed E-state index contributed by atoms with van der Waals surface area (Å²) in [5.74, 6) is -0.758. The van der Waals surface area contributed by atoms with Gasteiger partial charge in [-0.15, -0.1) is 0 Å². The van der Waals surface area contributed by atoms with Crippen molar-refractivity contribution in [2.75, 3.05) is 6.61 Å². The maximum absolute atomic E-state index is 11.6. The van der Waals surface area contributed by atoms with Gasteiger partial charge in [0, 0.05) is 6.04 Å². The minimum absolute atomic E-state index is 0.00549. The highest BCUT2D eigenvalue weighted by atomic mass is 16.4. The summed E-state index contributed by atoms with van der Waals surface area (Å²) in [6, 6.07) is -0.106. The van der Waals surface area contributed by atoms with Crippen molar-refractivity contribution in [2.45, 2.75) is 69.9 Å². The van der Waals surface area contributed by atoms with Crippen LogP contribution < -0.4 is 5.32 Å². The van der Waals surface area contributed by atoms with Crippen LogP contribution in [0.25, 0.3) is 0 Å². The molecule has 0 aliphatic heterocycles. The lowest BCUT2D eigenvalue weighted by molar-refractivity contribution is -0.146. The average molecular weight is 243 g/mol. The van der Waals surface area contributed by atoms with Crippen LogP contribution >= 0.6 is 0 Å². The lowest BCUT2D eigenvalue weighted by Crippen LogP contribution is -2.57. The van der Waals surface area contributed by atoms with Crippen LogP contribution in [0.4, 0.5) is 0 Å². The van der Waals surface area contributed by atoms with Crippen molar-refractivity contribution in [1.29, 1.82) is 0 Å². The smallest absolute Gasteiger partial charge is 0.323 e. The van der Waals surface area contributed by atoms with E-state index < -0.39 is 11.5 Å². The SMILES string of the molecule is CCC(CO)NC1(C(=O)O)CCCCCCC1. The molecule has 0 bridgehead atoms. The van der Waals surface area contributed by atoms with E-state index in [4.69, 9.17) is 0 Å². The third kappa shape index (κ3) is 3.96. The molecule has 100 valence electrons. The van der Waals surface area contributed by atoms with Gasteiger partial charge in [0.1, 0.15) is 5.54 Å². The molecule has 1 rings (SSSR count). The Morgan fingerprint density at radius 1 is 1.24 bits per heavy atom. The van der Waals surface area contributed by atoms with Crippen LogP contribution in [0.15, 0.2) is 0 Å². The highest BCUT2D eigenvalue weighted by molar-refractivity contribution is 5.78. The van der Waals surface area contributed by atoms with E-state index in [1.807, 2.05) is 6.92 Å². The Balaban J connectivity index is 2.74. The van der Waals surface area contributed by atoms with E-state index in [0.717, 1.165) is 32.1 Å². The number of aliphatic carboxylic acids is 1. The van der Waals surface area contributed by atoms with Crippen LogP contribution in [0, 0.1) is 0 Å². The number of rotatable bonds is 5. The number of carbonyl (C=O) groups is 1. The Labute approximate surface area is 103 Å². The van der Waals surface area contributed by atoms with E-state index in [1.165, 1.54) is 6.42 Å². The average Bonchev–Trinajstić information content (AvgIpc) is 2.28. The number of nitrogens with one attached hydrogen (secondary N) is 1. The lowest BCUT2D eigenvalue weighted by atomic mass is 9.83. The van der Waals surface area contributed by atoms with Crippen molar-refractivity contribution < 1.29 is 15.0 Å². The molecule has 0 aromatic carbocycles. The van der Waals surface area contributed by atoms with Gasteiger partial charge in [0.2, 0.25) is 0 Å². The van der Waals surface area contributed by atoms with Gasteiger partial charge in [-0.25, -0.2) is 0 Å². The van der Waals surface area contributed by atoms with Gasteiger partial charge in [-0.2, -0.15) is 0 Å². The topological polar surface area (TPSA) is 69.6 Å². The quantitative estimate of drug-likeness (QED) is 0.690. The molecule has 17 heavy (non-hydrogen) atoms. The number of hydrogen-bond acceptors (Lipinski definition) is 3. The highest BCUT2D eigenvalue weighted by Crippen LogP contribution is 2.27. The molecule has 0 amide bonds. The third-order valence-corrected chi connectivity index (χ3v) is 3.81. The van der Waals surface area contributed by atoms with Gasteiger partial charge >= 0.3 is 5.97 Å². The zero-order valence-corrected chi connectivity index (χ0v) is 10.7. The fourth-order valence-corrected chi connectivity index (χ4v) is 2.60. The predicted molar refractivity (Wildman–Crippen MR) is 67.0 cm³/mol. The molecular weight excluding hydrogens is 218 g/mol. The second kappa shape index (κ2) is 6.97. The van der Waals surface area contributed by atoms with Gasteiger partial charge in [-0.3, -0.25) is 10.1 Å². The molecule has 0 heterocycles. The van der Waals surface area contributed by atoms with E-state index in [9.17, 15) is 15.0 Å². The molecular formula is C13H25NO3. The molecule has 3 N–H and O–H groups in total. The molecule has 1 atom stereocenters. The van der Waals surface area contributed by atoms with Crippen molar-refractivity contribution in [1.82, 2.24) is 5.32 Å². The van der Waals surface area contributed by atoms with Crippen LogP contribution in [0.5, 0.6) is 0 Å². The molecule has 1 saturated carbocycles. The molecule has 4 nitrogen and oxygen atoms in total. The zero-order chi connectivity index (χ0) is 12.7. The number of carboxylic acids is 1.